The van der Waals surface area contributed by atoms with Gasteiger partial charge in [-0.2, -0.15) is 22.5 Å². The molecule has 0 bridgehead atoms. The molecule has 12 heteroatoms. The molecule has 0 spiro atoms. The van der Waals surface area contributed by atoms with Crippen LogP contribution in [0.25, 0.3) is 0 Å². The Morgan fingerprint density at radius 1 is 0.912 bits per heavy atom. The molecule has 34 heavy (non-hydrogen) atoms. The molecule has 0 unspecified atom stereocenters. The van der Waals surface area contributed by atoms with Crippen molar-refractivity contribution in [2.24, 2.45) is 0 Å². The van der Waals surface area contributed by atoms with Crippen molar-refractivity contribution in [2.75, 3.05) is 36.4 Å². The SMILES string of the molecule is Cc1ccc(S(=O)(=O)N2CCN(c3nc(Nc4ccc(F)cc4)cc(C(F)(F)F)n3)CC2)cc1. The Bertz CT molecular complexity index is 1260. The number of piperazine rings is 1. The molecule has 1 aromatic heterocycles. The van der Waals surface area contributed by atoms with Crippen LogP contribution in [0.1, 0.15) is 11.3 Å². The second-order valence-electron chi connectivity index (χ2n) is 7.77. The Morgan fingerprint density at radius 2 is 1.53 bits per heavy atom. The highest BCUT2D eigenvalue weighted by Crippen LogP contribution is 2.31. The van der Waals surface area contributed by atoms with Gasteiger partial charge in [0, 0.05) is 37.9 Å². The minimum atomic E-state index is -4.71. The number of aryl methyl sites for hydroxylation is 1. The van der Waals surface area contributed by atoms with E-state index in [9.17, 15) is 26.0 Å². The number of nitrogens with zero attached hydrogens (tertiary/aromatic N) is 4. The van der Waals surface area contributed by atoms with Crippen molar-refractivity contribution < 1.29 is 26.0 Å². The van der Waals surface area contributed by atoms with E-state index in [-0.39, 0.29) is 42.8 Å². The van der Waals surface area contributed by atoms with Crippen LogP contribution in [0, 0.1) is 12.7 Å². The highest BCUT2D eigenvalue weighted by Gasteiger charge is 2.35. The van der Waals surface area contributed by atoms with Gasteiger partial charge in [0.2, 0.25) is 16.0 Å². The number of halogens is 4. The second-order valence-corrected chi connectivity index (χ2v) is 9.71. The average Bonchev–Trinajstić information content (AvgIpc) is 2.80. The first kappa shape index (κ1) is 23.9. The van der Waals surface area contributed by atoms with E-state index in [4.69, 9.17) is 0 Å². The molecule has 0 saturated carbocycles. The molecule has 3 aromatic rings. The molecule has 4 rings (SSSR count). The van der Waals surface area contributed by atoms with Gasteiger partial charge in [-0.3, -0.25) is 0 Å². The van der Waals surface area contributed by atoms with Crippen LogP contribution in [0.4, 0.5) is 35.0 Å². The molecule has 1 fully saturated rings. The molecule has 1 N–H and O–H groups in total. The van der Waals surface area contributed by atoms with Gasteiger partial charge in [0.25, 0.3) is 0 Å². The predicted octanol–water partition coefficient (Wildman–Crippen LogP) is 4.20. The molecule has 180 valence electrons. The smallest absolute Gasteiger partial charge is 0.340 e. The minimum absolute atomic E-state index is 0.0660. The fourth-order valence-electron chi connectivity index (χ4n) is 3.45. The molecule has 0 atom stereocenters. The van der Waals surface area contributed by atoms with Crippen LogP contribution in [-0.2, 0) is 16.2 Å². The predicted molar refractivity (Wildman–Crippen MR) is 119 cm³/mol. The fraction of sp³-hybridized carbons (Fsp3) is 0.273. The Morgan fingerprint density at radius 3 is 2.12 bits per heavy atom. The molecule has 7 nitrogen and oxygen atoms in total. The van der Waals surface area contributed by atoms with Gasteiger partial charge in [-0.1, -0.05) is 17.7 Å². The standard InChI is InChI=1S/C22H21F4N5O2S/c1-15-2-8-18(9-3-15)34(32,33)31-12-10-30(11-13-31)21-28-19(22(24,25)26)14-20(29-21)27-17-6-4-16(23)5-7-17/h2-9,14H,10-13H2,1H3,(H,27,28,29). The molecule has 1 aliphatic heterocycles. The van der Waals surface area contributed by atoms with Crippen molar-refractivity contribution in [3.05, 3.63) is 71.7 Å². The maximum Gasteiger partial charge on any atom is 0.433 e. The van der Waals surface area contributed by atoms with E-state index in [0.29, 0.717) is 5.69 Å². The summed E-state index contributed by atoms with van der Waals surface area (Å²) in [6.45, 7) is 2.21. The summed E-state index contributed by atoms with van der Waals surface area (Å²) in [6.07, 6.45) is -4.71. The number of alkyl halides is 3. The van der Waals surface area contributed by atoms with E-state index in [0.717, 1.165) is 11.6 Å². The molecule has 2 aromatic carbocycles. The lowest BCUT2D eigenvalue weighted by atomic mass is 10.2. The molecule has 2 heterocycles. The normalized spacial score (nSPS) is 15.4. The molecule has 1 saturated heterocycles. The number of rotatable bonds is 5. The fourth-order valence-corrected chi connectivity index (χ4v) is 4.88. The van der Waals surface area contributed by atoms with Gasteiger partial charge in [-0.05, 0) is 43.3 Å². The molecule has 0 aliphatic carbocycles. The second kappa shape index (κ2) is 9.18. The molecule has 0 radical (unpaired) electrons. The number of hydrogen-bond donors (Lipinski definition) is 1. The van der Waals surface area contributed by atoms with Crippen LogP contribution in [0.2, 0.25) is 0 Å². The van der Waals surface area contributed by atoms with Crippen LogP contribution in [0.5, 0.6) is 0 Å². The summed E-state index contributed by atoms with van der Waals surface area (Å²) >= 11 is 0. The van der Waals surface area contributed by atoms with Crippen molar-refractivity contribution in [2.45, 2.75) is 18.0 Å². The van der Waals surface area contributed by atoms with Crippen LogP contribution >= 0.6 is 0 Å². The van der Waals surface area contributed by atoms with Gasteiger partial charge in [0.05, 0.1) is 4.90 Å². The van der Waals surface area contributed by atoms with Crippen LogP contribution in [0.3, 0.4) is 0 Å². The van der Waals surface area contributed by atoms with E-state index in [1.165, 1.54) is 45.6 Å². The van der Waals surface area contributed by atoms with E-state index < -0.39 is 27.7 Å². The van der Waals surface area contributed by atoms with Crippen molar-refractivity contribution in [1.82, 2.24) is 14.3 Å². The van der Waals surface area contributed by atoms with E-state index in [2.05, 4.69) is 15.3 Å². The highest BCUT2D eigenvalue weighted by molar-refractivity contribution is 7.89. The van der Waals surface area contributed by atoms with Crippen LogP contribution in [-0.4, -0.2) is 48.9 Å². The van der Waals surface area contributed by atoms with Gasteiger partial charge in [0.15, 0.2) is 5.69 Å². The van der Waals surface area contributed by atoms with E-state index in [1.54, 1.807) is 12.1 Å². The Balaban J connectivity index is 1.54. The quantitative estimate of drug-likeness (QED) is 0.535. The average molecular weight is 496 g/mol. The highest BCUT2D eigenvalue weighted by atomic mass is 32.2. The number of benzene rings is 2. The number of aromatic nitrogens is 2. The number of nitrogens with one attached hydrogen (secondary N) is 1. The van der Waals surface area contributed by atoms with Gasteiger partial charge in [-0.15, -0.1) is 0 Å². The monoisotopic (exact) mass is 495 g/mol. The largest absolute Gasteiger partial charge is 0.433 e. The maximum absolute atomic E-state index is 13.5. The van der Waals surface area contributed by atoms with Gasteiger partial charge in [-0.25, -0.2) is 17.8 Å². The summed E-state index contributed by atoms with van der Waals surface area (Å²) in [5, 5.41) is 2.73. The molecular weight excluding hydrogens is 474 g/mol. The Labute approximate surface area is 194 Å². The first-order valence-corrected chi connectivity index (χ1v) is 11.8. The maximum atomic E-state index is 13.5. The zero-order valence-electron chi connectivity index (χ0n) is 18.1. The zero-order chi connectivity index (χ0) is 24.5. The summed E-state index contributed by atoms with van der Waals surface area (Å²) < 4.78 is 80.6. The summed E-state index contributed by atoms with van der Waals surface area (Å²) in [5.41, 5.74) is 0.139. The minimum Gasteiger partial charge on any atom is -0.340 e. The third-order valence-corrected chi connectivity index (χ3v) is 7.21. The summed E-state index contributed by atoms with van der Waals surface area (Å²) in [7, 11) is -3.73. The first-order chi connectivity index (χ1) is 16.0. The van der Waals surface area contributed by atoms with Gasteiger partial charge >= 0.3 is 6.18 Å². The van der Waals surface area contributed by atoms with E-state index in [1.807, 2.05) is 6.92 Å². The topological polar surface area (TPSA) is 78.4 Å². The molecular formula is C22H21F4N5O2S. The Hall–Kier alpha value is -3.25. The van der Waals surface area contributed by atoms with Crippen molar-refractivity contribution in [1.29, 1.82) is 0 Å². The van der Waals surface area contributed by atoms with Crippen molar-refractivity contribution in [3.8, 4) is 0 Å². The number of hydrogen-bond acceptors (Lipinski definition) is 6. The first-order valence-electron chi connectivity index (χ1n) is 10.3. The van der Waals surface area contributed by atoms with Gasteiger partial charge < -0.3 is 10.2 Å². The number of anilines is 3. The lowest BCUT2D eigenvalue weighted by Gasteiger charge is -2.34. The van der Waals surface area contributed by atoms with Crippen LogP contribution < -0.4 is 10.2 Å². The number of sulfonamides is 1. The van der Waals surface area contributed by atoms with Crippen molar-refractivity contribution in [3.63, 3.8) is 0 Å². The third kappa shape index (κ3) is 5.28. The lowest BCUT2D eigenvalue weighted by molar-refractivity contribution is -0.141. The van der Waals surface area contributed by atoms with Gasteiger partial charge in [0.1, 0.15) is 11.6 Å². The summed E-state index contributed by atoms with van der Waals surface area (Å²) in [4.78, 5) is 9.51. The molecule has 1 aliphatic rings. The summed E-state index contributed by atoms with van der Waals surface area (Å²) in [5.74, 6) is -0.770. The van der Waals surface area contributed by atoms with Crippen molar-refractivity contribution >= 4 is 27.5 Å². The van der Waals surface area contributed by atoms with Crippen LogP contribution in [0.15, 0.2) is 59.5 Å². The third-order valence-electron chi connectivity index (χ3n) is 5.30. The summed E-state index contributed by atoms with van der Waals surface area (Å²) in [6, 6.07) is 12.3. The lowest BCUT2D eigenvalue weighted by Crippen LogP contribution is -2.49. The van der Waals surface area contributed by atoms with E-state index >= 15 is 0 Å². The Kier molecular flexibility index (Phi) is 6.45. The zero-order valence-corrected chi connectivity index (χ0v) is 18.9. The molecule has 0 amide bonds.